The quantitative estimate of drug-likeness (QED) is 0.164. The van der Waals surface area contributed by atoms with Crippen LogP contribution in [0.25, 0.3) is 0 Å². The second-order valence-corrected chi connectivity index (χ2v) is 12.5. The fraction of sp³-hybridized carbons (Fsp3) is 0.917. The first-order valence-corrected chi connectivity index (χ1v) is 15.2. The Kier molecular flexibility index (Phi) is 19.1. The molecule has 172 valence electrons. The summed E-state index contributed by atoms with van der Waals surface area (Å²) in [5, 5.41) is 3.09. The lowest BCUT2D eigenvalue weighted by Gasteiger charge is -2.18. The molecule has 2 heterocycles. The Morgan fingerprint density at radius 2 is 1.34 bits per heavy atom. The van der Waals surface area contributed by atoms with Crippen LogP contribution in [-0.2, 0) is 0 Å². The second kappa shape index (κ2) is 19.7. The monoisotopic (exact) mass is 523 g/mol. The molecule has 1 nitrogen and oxygen atoms in total. The van der Waals surface area contributed by atoms with Crippen LogP contribution in [0.2, 0.25) is 0 Å². The van der Waals surface area contributed by atoms with E-state index in [1.165, 1.54) is 121 Å². The van der Waals surface area contributed by atoms with Crippen LogP contribution in [-0.4, -0.2) is 32.9 Å². The summed E-state index contributed by atoms with van der Waals surface area (Å²) in [7, 11) is 0. The summed E-state index contributed by atoms with van der Waals surface area (Å²) in [5.74, 6) is 2.54. The summed E-state index contributed by atoms with van der Waals surface area (Å²) in [6.45, 7) is 3.56. The van der Waals surface area contributed by atoms with E-state index in [-0.39, 0.29) is 17.0 Å². The first-order valence-electron chi connectivity index (χ1n) is 12.2. The van der Waals surface area contributed by atoms with Gasteiger partial charge in [0, 0.05) is 23.7 Å². The lowest BCUT2D eigenvalue weighted by atomic mass is 10.0. The van der Waals surface area contributed by atoms with Crippen LogP contribution in [0.3, 0.4) is 0 Å². The van der Waals surface area contributed by atoms with E-state index in [1.54, 1.807) is 0 Å². The third kappa shape index (κ3) is 14.7. The fourth-order valence-electron chi connectivity index (χ4n) is 4.12. The van der Waals surface area contributed by atoms with Crippen LogP contribution < -0.4 is 0 Å². The summed E-state index contributed by atoms with van der Waals surface area (Å²) in [6.07, 6.45) is 25.7. The molecule has 0 radical (unpaired) electrons. The first-order chi connectivity index (χ1) is 13.9. The van der Waals surface area contributed by atoms with E-state index >= 15 is 0 Å². The zero-order chi connectivity index (χ0) is 19.7. The number of hydrogen-bond donors (Lipinski definition) is 0. The maximum Gasteiger partial charge on any atom is 0.0675 e. The Balaban J connectivity index is 0.00000420. The number of thioether (sulfide) groups is 3. The smallest absolute Gasteiger partial charge is 0.0675 e. The minimum absolute atomic E-state index is 0. The molecule has 2 aliphatic rings. The molecule has 2 atom stereocenters. The zero-order valence-corrected chi connectivity index (χ0v) is 23.0. The van der Waals surface area contributed by atoms with Crippen molar-refractivity contribution in [2.75, 3.05) is 18.2 Å². The Labute approximate surface area is 205 Å². The summed E-state index contributed by atoms with van der Waals surface area (Å²) >= 11 is 6.42. The number of nitrogens with zero attached hydrogens (tertiary/aromatic N) is 1. The molecule has 29 heavy (non-hydrogen) atoms. The van der Waals surface area contributed by atoms with Crippen molar-refractivity contribution < 1.29 is 0 Å². The molecule has 0 aliphatic carbocycles. The highest BCUT2D eigenvalue weighted by Gasteiger charge is 2.26. The molecule has 2 unspecified atom stereocenters. The van der Waals surface area contributed by atoms with Gasteiger partial charge in [0.05, 0.1) is 10.5 Å². The van der Waals surface area contributed by atoms with Crippen molar-refractivity contribution in [2.24, 2.45) is 0 Å². The van der Waals surface area contributed by atoms with Gasteiger partial charge in [0.25, 0.3) is 0 Å². The van der Waals surface area contributed by atoms with Gasteiger partial charge in [0.2, 0.25) is 0 Å². The van der Waals surface area contributed by atoms with Crippen LogP contribution in [0.15, 0.2) is 11.6 Å². The molecule has 2 aliphatic heterocycles. The van der Waals surface area contributed by atoms with Crippen LogP contribution in [0.5, 0.6) is 0 Å². The molecule has 1 saturated heterocycles. The highest BCUT2D eigenvalue weighted by molar-refractivity contribution is 8.93. The lowest BCUT2D eigenvalue weighted by Crippen LogP contribution is -2.24. The second-order valence-electron chi connectivity index (χ2n) is 8.61. The number of hydrogen-bond acceptors (Lipinski definition) is 4. The van der Waals surface area contributed by atoms with Crippen molar-refractivity contribution in [3.63, 3.8) is 0 Å². The van der Waals surface area contributed by atoms with E-state index in [1.807, 2.05) is 11.8 Å². The van der Waals surface area contributed by atoms with Gasteiger partial charge in [-0.1, -0.05) is 103 Å². The molecular formula is C24H46BrNS3. The van der Waals surface area contributed by atoms with Gasteiger partial charge in [0.1, 0.15) is 0 Å². The van der Waals surface area contributed by atoms with Gasteiger partial charge in [-0.25, -0.2) is 0 Å². The van der Waals surface area contributed by atoms with Crippen molar-refractivity contribution in [1.82, 2.24) is 4.90 Å². The topological polar surface area (TPSA) is 3.24 Å². The van der Waals surface area contributed by atoms with E-state index in [0.717, 1.165) is 9.83 Å². The standard InChI is InChI=1S/C24H45NS3.BrH/c1-2-3-4-5-6-7-8-9-10-11-12-13-14-15-16-17-24-27-21-23(28-24)20-25-18-19-26-22-25;/h18-19,23-24H,2-17,20-22H2,1H3;1H. The van der Waals surface area contributed by atoms with Gasteiger partial charge in [-0.2, -0.15) is 0 Å². The highest BCUT2D eigenvalue weighted by atomic mass is 79.9. The van der Waals surface area contributed by atoms with Gasteiger partial charge < -0.3 is 4.90 Å². The van der Waals surface area contributed by atoms with E-state index < -0.39 is 0 Å². The van der Waals surface area contributed by atoms with Gasteiger partial charge in [-0.15, -0.1) is 52.3 Å². The van der Waals surface area contributed by atoms with Crippen LogP contribution >= 0.6 is 52.3 Å². The highest BCUT2D eigenvalue weighted by Crippen LogP contribution is 2.41. The van der Waals surface area contributed by atoms with Gasteiger partial charge >= 0.3 is 0 Å². The molecule has 0 bridgehead atoms. The van der Waals surface area contributed by atoms with Crippen LogP contribution in [0.1, 0.15) is 110 Å². The van der Waals surface area contributed by atoms with E-state index in [4.69, 9.17) is 0 Å². The number of unbranched alkanes of at least 4 members (excludes halogenated alkanes) is 14. The van der Waals surface area contributed by atoms with Crippen molar-refractivity contribution in [3.05, 3.63) is 11.6 Å². The molecule has 0 aromatic carbocycles. The molecule has 2 rings (SSSR count). The molecule has 0 spiro atoms. The van der Waals surface area contributed by atoms with E-state index in [9.17, 15) is 0 Å². The maximum atomic E-state index is 2.49. The molecule has 0 N–H and O–H groups in total. The minimum Gasteiger partial charge on any atom is -0.366 e. The molecule has 5 heteroatoms. The van der Waals surface area contributed by atoms with Gasteiger partial charge in [-0.3, -0.25) is 0 Å². The summed E-state index contributed by atoms with van der Waals surface area (Å²) < 4.78 is 0.881. The summed E-state index contributed by atoms with van der Waals surface area (Å²) in [5.41, 5.74) is 0. The summed E-state index contributed by atoms with van der Waals surface area (Å²) in [6, 6.07) is 0. The van der Waals surface area contributed by atoms with Crippen molar-refractivity contribution >= 4 is 52.3 Å². The predicted molar refractivity (Wildman–Crippen MR) is 146 cm³/mol. The molecule has 0 amide bonds. The Morgan fingerprint density at radius 3 is 1.86 bits per heavy atom. The Morgan fingerprint density at radius 1 is 0.793 bits per heavy atom. The first kappa shape index (κ1) is 28.1. The molecule has 0 saturated carbocycles. The molecular weight excluding hydrogens is 478 g/mol. The van der Waals surface area contributed by atoms with Crippen molar-refractivity contribution in [1.29, 1.82) is 0 Å². The lowest BCUT2D eigenvalue weighted by molar-refractivity contribution is 0.453. The largest absolute Gasteiger partial charge is 0.366 e. The van der Waals surface area contributed by atoms with E-state index in [2.05, 4.69) is 47.0 Å². The fourth-order valence-corrected chi connectivity index (χ4v) is 8.30. The molecule has 0 aromatic heterocycles. The van der Waals surface area contributed by atoms with E-state index in [0.29, 0.717) is 0 Å². The van der Waals surface area contributed by atoms with Crippen molar-refractivity contribution in [3.8, 4) is 0 Å². The van der Waals surface area contributed by atoms with Crippen molar-refractivity contribution in [2.45, 2.75) is 119 Å². The Hall–Kier alpha value is 1.07. The third-order valence-electron chi connectivity index (χ3n) is 5.90. The summed E-state index contributed by atoms with van der Waals surface area (Å²) in [4.78, 5) is 2.49. The zero-order valence-electron chi connectivity index (χ0n) is 18.8. The number of halogens is 1. The minimum atomic E-state index is 0. The predicted octanol–water partition coefficient (Wildman–Crippen LogP) is 9.48. The van der Waals surface area contributed by atoms with Crippen LogP contribution in [0.4, 0.5) is 0 Å². The Bertz CT molecular complexity index is 394. The third-order valence-corrected chi connectivity index (χ3v) is 10.1. The maximum absolute atomic E-state index is 2.49. The van der Waals surface area contributed by atoms with Crippen LogP contribution in [0, 0.1) is 0 Å². The van der Waals surface area contributed by atoms with Gasteiger partial charge in [0.15, 0.2) is 0 Å². The molecule has 1 fully saturated rings. The average Bonchev–Trinajstić information content (AvgIpc) is 3.37. The SMILES string of the molecule is Br.CCCCCCCCCCCCCCCCCC1SCC(CN2C=CSC2)S1. The normalized spacial score (nSPS) is 21.1. The number of rotatable bonds is 18. The molecule has 0 aromatic rings. The average molecular weight is 525 g/mol. The van der Waals surface area contributed by atoms with Gasteiger partial charge in [-0.05, 0) is 11.8 Å².